The molecule has 1 saturated carbocycles. The summed E-state index contributed by atoms with van der Waals surface area (Å²) in [5.41, 5.74) is 0. The summed E-state index contributed by atoms with van der Waals surface area (Å²) in [5, 5.41) is 9.10. The van der Waals surface area contributed by atoms with Gasteiger partial charge in [0, 0.05) is 37.4 Å². The minimum absolute atomic E-state index is 0.295. The average Bonchev–Trinajstić information content (AvgIpc) is 3.24. The van der Waals surface area contributed by atoms with Gasteiger partial charge in [-0.1, -0.05) is 0 Å². The topological polar surface area (TPSA) is 64.7 Å². The maximum absolute atomic E-state index is 13.1. The SMILES string of the molecule is Fc1ccc(N2CCC(c3nnc(Cn4ccnc4)n3C3CC3)CC2)nc1. The Bertz CT molecular complexity index is 891. The minimum atomic E-state index is -0.295. The van der Waals surface area contributed by atoms with Gasteiger partial charge in [0.05, 0.1) is 19.1 Å². The van der Waals surface area contributed by atoms with Crippen LogP contribution in [0.3, 0.4) is 0 Å². The molecular weight excluding hydrogens is 345 g/mol. The third-order valence-electron chi connectivity index (χ3n) is 5.48. The van der Waals surface area contributed by atoms with Crippen molar-refractivity contribution in [1.29, 1.82) is 0 Å². The molecule has 2 fully saturated rings. The smallest absolute Gasteiger partial charge is 0.153 e. The predicted octanol–water partition coefficient (Wildman–Crippen LogP) is 2.78. The monoisotopic (exact) mass is 367 g/mol. The third-order valence-corrected chi connectivity index (χ3v) is 5.48. The molecule has 0 amide bonds. The molecule has 0 aromatic carbocycles. The number of anilines is 1. The molecule has 0 radical (unpaired) electrons. The van der Waals surface area contributed by atoms with Crippen LogP contribution in [0, 0.1) is 5.82 Å². The molecule has 2 aliphatic rings. The fraction of sp³-hybridized carbons (Fsp3) is 0.474. The minimum Gasteiger partial charge on any atom is -0.357 e. The number of hydrogen-bond donors (Lipinski definition) is 0. The van der Waals surface area contributed by atoms with Gasteiger partial charge in [0.1, 0.15) is 17.5 Å². The molecule has 0 bridgehead atoms. The van der Waals surface area contributed by atoms with Crippen LogP contribution >= 0.6 is 0 Å². The summed E-state index contributed by atoms with van der Waals surface area (Å²) in [5.74, 6) is 3.11. The van der Waals surface area contributed by atoms with Crippen molar-refractivity contribution in [3.8, 4) is 0 Å². The molecule has 1 aliphatic carbocycles. The van der Waals surface area contributed by atoms with Crippen LogP contribution in [-0.2, 0) is 6.54 Å². The zero-order chi connectivity index (χ0) is 18.2. The zero-order valence-corrected chi connectivity index (χ0v) is 15.1. The van der Waals surface area contributed by atoms with Gasteiger partial charge in [-0.15, -0.1) is 10.2 Å². The van der Waals surface area contributed by atoms with Crippen LogP contribution < -0.4 is 4.90 Å². The van der Waals surface area contributed by atoms with Crippen molar-refractivity contribution < 1.29 is 4.39 Å². The van der Waals surface area contributed by atoms with E-state index in [0.29, 0.717) is 18.5 Å². The number of hydrogen-bond acceptors (Lipinski definition) is 5. The highest BCUT2D eigenvalue weighted by Crippen LogP contribution is 2.40. The van der Waals surface area contributed by atoms with Crippen LogP contribution in [0.25, 0.3) is 0 Å². The molecule has 7 nitrogen and oxygen atoms in total. The molecule has 8 heteroatoms. The van der Waals surface area contributed by atoms with E-state index in [1.165, 1.54) is 25.1 Å². The molecule has 3 aromatic heterocycles. The summed E-state index contributed by atoms with van der Waals surface area (Å²) in [4.78, 5) is 10.6. The fourth-order valence-electron chi connectivity index (χ4n) is 3.92. The van der Waals surface area contributed by atoms with E-state index in [1.807, 2.05) is 17.1 Å². The molecule has 4 heterocycles. The van der Waals surface area contributed by atoms with E-state index in [-0.39, 0.29) is 5.82 Å². The largest absolute Gasteiger partial charge is 0.357 e. The molecule has 0 spiro atoms. The van der Waals surface area contributed by atoms with E-state index in [2.05, 4.69) is 29.6 Å². The van der Waals surface area contributed by atoms with Gasteiger partial charge in [0.2, 0.25) is 0 Å². The van der Waals surface area contributed by atoms with E-state index in [0.717, 1.165) is 43.4 Å². The maximum atomic E-state index is 13.1. The lowest BCUT2D eigenvalue weighted by molar-refractivity contribution is 0.459. The average molecular weight is 367 g/mol. The summed E-state index contributed by atoms with van der Waals surface area (Å²) in [6.45, 7) is 2.51. The Balaban J connectivity index is 1.32. The Morgan fingerprint density at radius 2 is 1.93 bits per heavy atom. The van der Waals surface area contributed by atoms with Crippen LogP contribution in [-0.4, -0.2) is 42.4 Å². The first kappa shape index (κ1) is 16.4. The number of nitrogens with zero attached hydrogens (tertiary/aromatic N) is 7. The number of piperidine rings is 1. The molecule has 27 heavy (non-hydrogen) atoms. The van der Waals surface area contributed by atoms with E-state index < -0.39 is 0 Å². The first-order valence-corrected chi connectivity index (χ1v) is 9.54. The number of rotatable bonds is 5. The Labute approximate surface area is 156 Å². The second-order valence-electron chi connectivity index (χ2n) is 7.41. The highest BCUT2D eigenvalue weighted by atomic mass is 19.1. The molecule has 1 saturated heterocycles. The Kier molecular flexibility index (Phi) is 4.10. The summed E-state index contributed by atoms with van der Waals surface area (Å²) < 4.78 is 17.5. The fourth-order valence-corrected chi connectivity index (χ4v) is 3.92. The summed E-state index contributed by atoms with van der Waals surface area (Å²) in [6, 6.07) is 3.77. The van der Waals surface area contributed by atoms with Crippen molar-refractivity contribution in [2.75, 3.05) is 18.0 Å². The molecular formula is C19H22FN7. The quantitative estimate of drug-likeness (QED) is 0.694. The Hall–Kier alpha value is -2.77. The van der Waals surface area contributed by atoms with Crippen molar-refractivity contribution in [1.82, 2.24) is 29.3 Å². The molecule has 0 atom stereocenters. The first-order chi connectivity index (χ1) is 13.3. The number of pyridine rings is 1. The van der Waals surface area contributed by atoms with Gasteiger partial charge in [-0.05, 0) is 37.8 Å². The van der Waals surface area contributed by atoms with Gasteiger partial charge < -0.3 is 14.0 Å². The van der Waals surface area contributed by atoms with Crippen LogP contribution in [0.1, 0.15) is 49.3 Å². The van der Waals surface area contributed by atoms with Gasteiger partial charge in [0.15, 0.2) is 5.82 Å². The molecule has 140 valence electrons. The van der Waals surface area contributed by atoms with Crippen molar-refractivity contribution in [2.24, 2.45) is 0 Å². The van der Waals surface area contributed by atoms with Gasteiger partial charge in [-0.2, -0.15) is 0 Å². The summed E-state index contributed by atoms with van der Waals surface area (Å²) in [6.07, 6.45) is 11.3. The molecule has 1 aliphatic heterocycles. The molecule has 0 N–H and O–H groups in total. The highest BCUT2D eigenvalue weighted by molar-refractivity contribution is 5.38. The molecule has 5 rings (SSSR count). The highest BCUT2D eigenvalue weighted by Gasteiger charge is 2.33. The van der Waals surface area contributed by atoms with Gasteiger partial charge in [-0.3, -0.25) is 0 Å². The Morgan fingerprint density at radius 3 is 2.59 bits per heavy atom. The van der Waals surface area contributed by atoms with Crippen LogP contribution in [0.5, 0.6) is 0 Å². The van der Waals surface area contributed by atoms with Crippen LogP contribution in [0.2, 0.25) is 0 Å². The lowest BCUT2D eigenvalue weighted by Gasteiger charge is -2.32. The second-order valence-corrected chi connectivity index (χ2v) is 7.41. The lowest BCUT2D eigenvalue weighted by atomic mass is 9.95. The van der Waals surface area contributed by atoms with Crippen molar-refractivity contribution in [3.05, 3.63) is 54.5 Å². The van der Waals surface area contributed by atoms with Crippen LogP contribution in [0.15, 0.2) is 37.1 Å². The van der Waals surface area contributed by atoms with Gasteiger partial charge in [0.25, 0.3) is 0 Å². The van der Waals surface area contributed by atoms with E-state index in [9.17, 15) is 4.39 Å². The standard InChI is InChI=1S/C19H22FN7/c20-15-1-4-17(22-11-15)26-8-5-14(6-9-26)19-24-23-18(27(19)16-2-3-16)12-25-10-7-21-13-25/h1,4,7,10-11,13-14,16H,2-3,5-6,8-9,12H2. The number of halogens is 1. The number of imidazole rings is 1. The van der Waals surface area contributed by atoms with Crippen molar-refractivity contribution in [3.63, 3.8) is 0 Å². The van der Waals surface area contributed by atoms with E-state index in [4.69, 9.17) is 0 Å². The van der Waals surface area contributed by atoms with Crippen LogP contribution in [0.4, 0.5) is 10.2 Å². The maximum Gasteiger partial charge on any atom is 0.153 e. The van der Waals surface area contributed by atoms with E-state index >= 15 is 0 Å². The normalized spacial score (nSPS) is 18.2. The summed E-state index contributed by atoms with van der Waals surface area (Å²) in [7, 11) is 0. The number of aromatic nitrogens is 6. The van der Waals surface area contributed by atoms with E-state index in [1.54, 1.807) is 12.3 Å². The molecule has 3 aromatic rings. The van der Waals surface area contributed by atoms with Gasteiger partial charge >= 0.3 is 0 Å². The third kappa shape index (κ3) is 3.31. The Morgan fingerprint density at radius 1 is 1.07 bits per heavy atom. The second kappa shape index (κ2) is 6.75. The van der Waals surface area contributed by atoms with Crippen molar-refractivity contribution >= 4 is 5.82 Å². The lowest BCUT2D eigenvalue weighted by Crippen LogP contribution is -2.34. The molecule has 0 unspecified atom stereocenters. The summed E-state index contributed by atoms with van der Waals surface area (Å²) >= 11 is 0. The predicted molar refractivity (Wildman–Crippen MR) is 98.0 cm³/mol. The van der Waals surface area contributed by atoms with Gasteiger partial charge in [-0.25, -0.2) is 14.4 Å². The zero-order valence-electron chi connectivity index (χ0n) is 15.1. The first-order valence-electron chi connectivity index (χ1n) is 9.54. The van der Waals surface area contributed by atoms with Crippen molar-refractivity contribution in [2.45, 2.75) is 44.2 Å².